The number of fused-ring (bicyclic) bond motifs is 1. The molecule has 0 spiro atoms. The molecule has 1 saturated heterocycles. The van der Waals surface area contributed by atoms with Gasteiger partial charge in [0.1, 0.15) is 6.33 Å². The van der Waals surface area contributed by atoms with Crippen molar-refractivity contribution in [1.82, 2.24) is 25.2 Å². The van der Waals surface area contributed by atoms with Gasteiger partial charge in [0.15, 0.2) is 11.6 Å². The van der Waals surface area contributed by atoms with Gasteiger partial charge < -0.3 is 19.9 Å². The highest BCUT2D eigenvalue weighted by Gasteiger charge is 2.20. The van der Waals surface area contributed by atoms with Crippen LogP contribution in [0.25, 0.3) is 10.9 Å². The SMILES string of the molecule is CCCCNC(=O)c1ccc2[nH]cc(CCCN3CCN(c4ncncc4OC)CC3)c2c1.Cl. The van der Waals surface area contributed by atoms with Crippen molar-refractivity contribution in [3.63, 3.8) is 0 Å². The van der Waals surface area contributed by atoms with Crippen LogP contribution in [-0.2, 0) is 6.42 Å². The van der Waals surface area contributed by atoms with Crippen molar-refractivity contribution in [1.29, 1.82) is 0 Å². The van der Waals surface area contributed by atoms with Crippen LogP contribution in [0.2, 0.25) is 0 Å². The summed E-state index contributed by atoms with van der Waals surface area (Å²) in [5.74, 6) is 1.61. The molecular weight excluding hydrogens is 452 g/mol. The lowest BCUT2D eigenvalue weighted by molar-refractivity contribution is 0.0953. The van der Waals surface area contributed by atoms with Crippen LogP contribution < -0.4 is 15.0 Å². The van der Waals surface area contributed by atoms with Gasteiger partial charge in [-0.25, -0.2) is 9.97 Å². The van der Waals surface area contributed by atoms with E-state index < -0.39 is 0 Å². The summed E-state index contributed by atoms with van der Waals surface area (Å²) in [6, 6.07) is 5.93. The number of aromatic amines is 1. The second-order valence-corrected chi connectivity index (χ2v) is 8.53. The van der Waals surface area contributed by atoms with Gasteiger partial charge in [0.05, 0.1) is 13.3 Å². The number of hydrogen-bond acceptors (Lipinski definition) is 6. The summed E-state index contributed by atoms with van der Waals surface area (Å²) in [5, 5.41) is 4.16. The van der Waals surface area contributed by atoms with Gasteiger partial charge in [0, 0.05) is 55.4 Å². The highest BCUT2D eigenvalue weighted by Crippen LogP contribution is 2.25. The number of methoxy groups -OCH3 is 1. The fourth-order valence-corrected chi connectivity index (χ4v) is 4.38. The lowest BCUT2D eigenvalue weighted by Gasteiger charge is -2.35. The molecule has 0 atom stereocenters. The molecule has 34 heavy (non-hydrogen) atoms. The monoisotopic (exact) mass is 486 g/mol. The van der Waals surface area contributed by atoms with Crippen LogP contribution in [-0.4, -0.2) is 72.1 Å². The molecular formula is C25H35ClN6O2. The molecule has 3 heterocycles. The third kappa shape index (κ3) is 6.18. The smallest absolute Gasteiger partial charge is 0.251 e. The lowest BCUT2D eigenvalue weighted by Crippen LogP contribution is -2.47. The van der Waals surface area contributed by atoms with Gasteiger partial charge in [-0.3, -0.25) is 9.69 Å². The van der Waals surface area contributed by atoms with Crippen LogP contribution in [0.1, 0.15) is 42.1 Å². The number of anilines is 1. The lowest BCUT2D eigenvalue weighted by atomic mass is 10.1. The molecule has 0 saturated carbocycles. The van der Waals surface area contributed by atoms with E-state index in [0.29, 0.717) is 0 Å². The van der Waals surface area contributed by atoms with E-state index in [4.69, 9.17) is 4.74 Å². The number of benzene rings is 1. The Balaban J connectivity index is 0.00000324. The van der Waals surface area contributed by atoms with Crippen molar-refractivity contribution in [2.45, 2.75) is 32.6 Å². The summed E-state index contributed by atoms with van der Waals surface area (Å²) in [5.41, 5.74) is 3.09. The molecule has 0 aliphatic carbocycles. The van der Waals surface area contributed by atoms with Crippen LogP contribution >= 0.6 is 12.4 Å². The number of aromatic nitrogens is 3. The Hall–Kier alpha value is -2.84. The number of ether oxygens (including phenoxy) is 1. The number of aryl methyl sites for hydroxylation is 1. The molecule has 184 valence electrons. The zero-order chi connectivity index (χ0) is 23.0. The van der Waals surface area contributed by atoms with Gasteiger partial charge in [-0.15, -0.1) is 12.4 Å². The maximum absolute atomic E-state index is 12.4. The van der Waals surface area contributed by atoms with E-state index in [9.17, 15) is 4.79 Å². The summed E-state index contributed by atoms with van der Waals surface area (Å²) in [6.45, 7) is 7.77. The van der Waals surface area contributed by atoms with Crippen molar-refractivity contribution >= 4 is 35.0 Å². The van der Waals surface area contributed by atoms with Gasteiger partial charge in [-0.2, -0.15) is 0 Å². The molecule has 1 amide bonds. The number of halogens is 1. The van der Waals surface area contributed by atoms with E-state index in [-0.39, 0.29) is 18.3 Å². The first-order valence-corrected chi connectivity index (χ1v) is 11.9. The first-order valence-electron chi connectivity index (χ1n) is 11.9. The summed E-state index contributed by atoms with van der Waals surface area (Å²) in [6.07, 6.45) is 9.53. The molecule has 0 unspecified atom stereocenters. The molecule has 9 heteroatoms. The fourth-order valence-electron chi connectivity index (χ4n) is 4.38. The largest absolute Gasteiger partial charge is 0.491 e. The first-order chi connectivity index (χ1) is 16.2. The standard InChI is InChI=1S/C25H34N6O2.ClH/c1-3-4-9-27-25(32)19-7-8-22-21(15-19)20(16-28-22)6-5-10-30-11-13-31(14-12-30)24-23(33-2)17-26-18-29-24;/h7-8,15-18,28H,3-6,9-14H2,1-2H3,(H,27,32);1H. The normalized spacial score (nSPS) is 14.1. The topological polar surface area (TPSA) is 86.4 Å². The minimum Gasteiger partial charge on any atom is -0.491 e. The Morgan fingerprint density at radius 2 is 2.03 bits per heavy atom. The number of hydrogen-bond donors (Lipinski definition) is 2. The molecule has 1 fully saturated rings. The molecule has 3 aromatic rings. The first kappa shape index (κ1) is 25.8. The number of piperazine rings is 1. The Labute approximate surface area is 207 Å². The minimum absolute atomic E-state index is 0. The Kier molecular flexibility index (Phi) is 9.53. The molecule has 1 aromatic carbocycles. The summed E-state index contributed by atoms with van der Waals surface area (Å²) >= 11 is 0. The number of carbonyl (C=O) groups is 1. The molecule has 0 bridgehead atoms. The summed E-state index contributed by atoms with van der Waals surface area (Å²) < 4.78 is 5.41. The van der Waals surface area contributed by atoms with E-state index in [1.165, 1.54) is 5.56 Å². The van der Waals surface area contributed by atoms with Gasteiger partial charge in [0.25, 0.3) is 5.91 Å². The highest BCUT2D eigenvalue weighted by atomic mass is 35.5. The molecule has 2 aromatic heterocycles. The Morgan fingerprint density at radius 3 is 2.79 bits per heavy atom. The van der Waals surface area contributed by atoms with Crippen LogP contribution in [0.5, 0.6) is 5.75 Å². The Morgan fingerprint density at radius 1 is 1.21 bits per heavy atom. The van der Waals surface area contributed by atoms with Crippen LogP contribution in [0.4, 0.5) is 5.82 Å². The quantitative estimate of drug-likeness (QED) is 0.425. The van der Waals surface area contributed by atoms with Crippen molar-refractivity contribution in [3.8, 4) is 5.75 Å². The predicted molar refractivity (Wildman–Crippen MR) is 138 cm³/mol. The maximum Gasteiger partial charge on any atom is 0.251 e. The number of nitrogens with zero attached hydrogens (tertiary/aromatic N) is 4. The van der Waals surface area contributed by atoms with Crippen molar-refractivity contribution < 1.29 is 9.53 Å². The molecule has 0 radical (unpaired) electrons. The second kappa shape index (κ2) is 12.6. The van der Waals surface area contributed by atoms with Crippen molar-refractivity contribution in [2.24, 2.45) is 0 Å². The zero-order valence-corrected chi connectivity index (χ0v) is 20.9. The highest BCUT2D eigenvalue weighted by molar-refractivity contribution is 5.98. The number of nitrogens with one attached hydrogen (secondary N) is 2. The number of rotatable bonds is 10. The number of amides is 1. The number of unbranched alkanes of at least 4 members (excludes halogenated alkanes) is 1. The molecule has 2 N–H and O–H groups in total. The van der Waals surface area contributed by atoms with E-state index in [1.54, 1.807) is 19.6 Å². The minimum atomic E-state index is 0. The molecule has 8 nitrogen and oxygen atoms in total. The third-order valence-corrected chi connectivity index (χ3v) is 6.32. The van der Waals surface area contributed by atoms with Gasteiger partial charge in [-0.05, 0) is 49.6 Å². The Bertz CT molecular complexity index is 1060. The van der Waals surface area contributed by atoms with Crippen LogP contribution in [0.15, 0.2) is 36.9 Å². The predicted octanol–water partition coefficient (Wildman–Crippen LogP) is 3.67. The van der Waals surface area contributed by atoms with Gasteiger partial charge in [-0.1, -0.05) is 13.3 Å². The van der Waals surface area contributed by atoms with E-state index in [2.05, 4.69) is 43.2 Å². The average Bonchev–Trinajstić information content (AvgIpc) is 3.27. The van der Waals surface area contributed by atoms with Gasteiger partial charge in [0.2, 0.25) is 0 Å². The molecule has 1 aliphatic heterocycles. The van der Waals surface area contributed by atoms with E-state index >= 15 is 0 Å². The van der Waals surface area contributed by atoms with Crippen molar-refractivity contribution in [3.05, 3.63) is 48.0 Å². The summed E-state index contributed by atoms with van der Waals surface area (Å²) in [4.78, 5) is 29.0. The van der Waals surface area contributed by atoms with Gasteiger partial charge >= 0.3 is 0 Å². The zero-order valence-electron chi connectivity index (χ0n) is 20.0. The number of carbonyl (C=O) groups excluding carboxylic acids is 1. The number of H-pyrrole nitrogens is 1. The van der Waals surface area contributed by atoms with Crippen LogP contribution in [0, 0.1) is 0 Å². The molecule has 1 aliphatic rings. The molecule has 4 rings (SSSR count). The van der Waals surface area contributed by atoms with Crippen LogP contribution in [0.3, 0.4) is 0 Å². The summed E-state index contributed by atoms with van der Waals surface area (Å²) in [7, 11) is 1.66. The fraction of sp³-hybridized carbons (Fsp3) is 0.480. The van der Waals surface area contributed by atoms with E-state index in [0.717, 1.165) is 93.0 Å². The third-order valence-electron chi connectivity index (χ3n) is 6.32. The van der Waals surface area contributed by atoms with Crippen molar-refractivity contribution in [2.75, 3.05) is 51.3 Å². The van der Waals surface area contributed by atoms with E-state index in [1.807, 2.05) is 18.2 Å². The second-order valence-electron chi connectivity index (χ2n) is 8.53. The average molecular weight is 487 g/mol. The maximum atomic E-state index is 12.4.